The van der Waals surface area contributed by atoms with Gasteiger partial charge in [0.2, 0.25) is 5.95 Å². The lowest BCUT2D eigenvalue weighted by Crippen LogP contribution is -2.26. The molecule has 5 N–H and O–H groups in total. The molecule has 2 aromatic rings. The number of hydrogen-bond donors (Lipinski definition) is 4. The second-order valence-electron chi connectivity index (χ2n) is 3.90. The molecule has 0 amide bonds. The van der Waals surface area contributed by atoms with Gasteiger partial charge < -0.3 is 15.8 Å². The van der Waals surface area contributed by atoms with Gasteiger partial charge in [-0.2, -0.15) is 4.98 Å². The van der Waals surface area contributed by atoms with Crippen molar-refractivity contribution in [3.05, 3.63) is 26.4 Å². The van der Waals surface area contributed by atoms with E-state index >= 15 is 0 Å². The standard InChI is InChI=1S/C10H11N5O4/c1-2-3(9(18)19)4-7(16)13-6-5(12-4)8(17)15-10(11)14-6/h3H,2H2,1H3,(H,18,19)(H4,11,13,14,15,16,17). The number of aromatic nitrogens is 4. The topological polar surface area (TPSA) is 155 Å². The second kappa shape index (κ2) is 4.52. The van der Waals surface area contributed by atoms with Crippen molar-refractivity contribution in [2.24, 2.45) is 0 Å². The first-order valence-electron chi connectivity index (χ1n) is 5.46. The SMILES string of the molecule is CCC(C(=O)O)c1nc2c(=O)[nH]c(N)nc2[nH]c1=O. The monoisotopic (exact) mass is 265 g/mol. The number of carbonyl (C=O) groups is 1. The number of nitrogens with two attached hydrogens (primary N) is 1. The highest BCUT2D eigenvalue weighted by Gasteiger charge is 2.23. The Labute approximate surface area is 105 Å². The lowest BCUT2D eigenvalue weighted by Gasteiger charge is -2.08. The quantitative estimate of drug-likeness (QED) is 0.564. The van der Waals surface area contributed by atoms with Gasteiger partial charge in [-0.3, -0.25) is 19.4 Å². The van der Waals surface area contributed by atoms with E-state index in [1.54, 1.807) is 6.92 Å². The third kappa shape index (κ3) is 2.17. The first-order chi connectivity index (χ1) is 8.93. The van der Waals surface area contributed by atoms with Gasteiger partial charge in [-0.05, 0) is 6.42 Å². The number of nitrogens with zero attached hydrogens (tertiary/aromatic N) is 2. The smallest absolute Gasteiger partial charge is 0.312 e. The molecule has 0 saturated heterocycles. The van der Waals surface area contributed by atoms with E-state index in [0.717, 1.165) is 0 Å². The highest BCUT2D eigenvalue weighted by atomic mass is 16.4. The summed E-state index contributed by atoms with van der Waals surface area (Å²) in [5, 5.41) is 9.02. The fourth-order valence-electron chi connectivity index (χ4n) is 1.74. The minimum atomic E-state index is -1.18. The van der Waals surface area contributed by atoms with Crippen LogP contribution in [0, 0.1) is 0 Å². The van der Waals surface area contributed by atoms with Crippen LogP contribution in [0.3, 0.4) is 0 Å². The summed E-state index contributed by atoms with van der Waals surface area (Å²) in [5.41, 5.74) is 3.56. The summed E-state index contributed by atoms with van der Waals surface area (Å²) in [5.74, 6) is -2.42. The average molecular weight is 265 g/mol. The van der Waals surface area contributed by atoms with Crippen LogP contribution in [-0.2, 0) is 4.79 Å². The van der Waals surface area contributed by atoms with E-state index in [1.807, 2.05) is 0 Å². The van der Waals surface area contributed by atoms with Crippen LogP contribution in [-0.4, -0.2) is 31.0 Å². The van der Waals surface area contributed by atoms with Crippen molar-refractivity contribution in [1.82, 2.24) is 19.9 Å². The molecule has 0 bridgehead atoms. The van der Waals surface area contributed by atoms with E-state index in [-0.39, 0.29) is 29.2 Å². The van der Waals surface area contributed by atoms with E-state index in [9.17, 15) is 14.4 Å². The van der Waals surface area contributed by atoms with Crippen LogP contribution in [0.2, 0.25) is 0 Å². The second-order valence-corrected chi connectivity index (χ2v) is 3.90. The third-order valence-corrected chi connectivity index (χ3v) is 2.65. The van der Waals surface area contributed by atoms with Crippen LogP contribution in [0.25, 0.3) is 11.2 Å². The molecule has 9 nitrogen and oxygen atoms in total. The zero-order chi connectivity index (χ0) is 14.2. The predicted octanol–water partition coefficient (Wildman–Crippen LogP) is -0.833. The Morgan fingerprint density at radius 2 is 2.00 bits per heavy atom. The molecule has 100 valence electrons. The molecule has 9 heteroatoms. The van der Waals surface area contributed by atoms with Gasteiger partial charge in [-0.15, -0.1) is 0 Å². The highest BCUT2D eigenvalue weighted by molar-refractivity contribution is 5.76. The fraction of sp³-hybridized carbons (Fsp3) is 0.300. The predicted molar refractivity (Wildman–Crippen MR) is 65.9 cm³/mol. The number of H-pyrrole nitrogens is 2. The zero-order valence-corrected chi connectivity index (χ0v) is 9.93. The molecule has 0 saturated carbocycles. The summed E-state index contributed by atoms with van der Waals surface area (Å²) in [4.78, 5) is 46.6. The molecule has 2 aromatic heterocycles. The number of nitrogens with one attached hydrogen (secondary N) is 2. The Hall–Kier alpha value is -2.71. The van der Waals surface area contributed by atoms with Crippen molar-refractivity contribution in [3.8, 4) is 0 Å². The Balaban J connectivity index is 2.78. The van der Waals surface area contributed by atoms with E-state index in [2.05, 4.69) is 19.9 Å². The number of carboxylic acid groups (broad SMARTS) is 1. The minimum absolute atomic E-state index is 0.0739. The number of hydrogen-bond acceptors (Lipinski definition) is 6. The number of rotatable bonds is 3. The molecule has 0 aliphatic carbocycles. The van der Waals surface area contributed by atoms with Crippen LogP contribution in [0.5, 0.6) is 0 Å². The van der Waals surface area contributed by atoms with Gasteiger partial charge in [-0.25, -0.2) is 4.98 Å². The van der Waals surface area contributed by atoms with Crippen molar-refractivity contribution in [2.45, 2.75) is 19.3 Å². The average Bonchev–Trinajstić information content (AvgIpc) is 2.30. The number of aliphatic carboxylic acids is 1. The Kier molecular flexibility index (Phi) is 3.03. The van der Waals surface area contributed by atoms with Crippen LogP contribution < -0.4 is 16.9 Å². The molecule has 19 heavy (non-hydrogen) atoms. The van der Waals surface area contributed by atoms with Crippen LogP contribution >= 0.6 is 0 Å². The van der Waals surface area contributed by atoms with E-state index in [1.165, 1.54) is 0 Å². The van der Waals surface area contributed by atoms with Gasteiger partial charge in [0, 0.05) is 0 Å². The van der Waals surface area contributed by atoms with Crippen LogP contribution in [0.4, 0.5) is 5.95 Å². The van der Waals surface area contributed by atoms with Crippen LogP contribution in [0.15, 0.2) is 9.59 Å². The first-order valence-corrected chi connectivity index (χ1v) is 5.46. The molecule has 0 aliphatic rings. The lowest BCUT2D eigenvalue weighted by molar-refractivity contribution is -0.139. The summed E-state index contributed by atoms with van der Waals surface area (Å²) in [6, 6.07) is 0. The molecule has 1 atom stereocenters. The van der Waals surface area contributed by atoms with Gasteiger partial charge in [0.05, 0.1) is 0 Å². The molecule has 0 aromatic carbocycles. The fourth-order valence-corrected chi connectivity index (χ4v) is 1.74. The molecule has 2 heterocycles. The maximum atomic E-state index is 11.8. The largest absolute Gasteiger partial charge is 0.481 e. The number of aromatic amines is 2. The summed E-state index contributed by atoms with van der Waals surface area (Å²) in [6.07, 6.45) is 0.178. The molecular formula is C10H11N5O4. The number of anilines is 1. The van der Waals surface area contributed by atoms with Crippen molar-refractivity contribution < 1.29 is 9.90 Å². The molecule has 0 radical (unpaired) electrons. The summed E-state index contributed by atoms with van der Waals surface area (Å²) in [6.45, 7) is 1.61. The number of fused-ring (bicyclic) bond motifs is 1. The molecular weight excluding hydrogens is 254 g/mol. The van der Waals surface area contributed by atoms with Crippen LogP contribution in [0.1, 0.15) is 25.0 Å². The van der Waals surface area contributed by atoms with Gasteiger partial charge in [0.1, 0.15) is 11.6 Å². The van der Waals surface area contributed by atoms with Gasteiger partial charge in [-0.1, -0.05) is 6.92 Å². The van der Waals surface area contributed by atoms with Crippen molar-refractivity contribution in [1.29, 1.82) is 0 Å². The first kappa shape index (κ1) is 12.7. The number of carboxylic acids is 1. The summed E-state index contributed by atoms with van der Waals surface area (Å²) < 4.78 is 0. The molecule has 0 aliphatic heterocycles. The van der Waals surface area contributed by atoms with Crippen molar-refractivity contribution in [2.75, 3.05) is 5.73 Å². The Morgan fingerprint density at radius 3 is 2.58 bits per heavy atom. The number of nitrogen functional groups attached to an aromatic ring is 1. The van der Waals surface area contributed by atoms with Crippen molar-refractivity contribution >= 4 is 23.1 Å². The summed E-state index contributed by atoms with van der Waals surface area (Å²) >= 11 is 0. The van der Waals surface area contributed by atoms with E-state index < -0.39 is 23.0 Å². The zero-order valence-electron chi connectivity index (χ0n) is 9.93. The normalized spacial score (nSPS) is 12.5. The molecule has 0 spiro atoms. The highest BCUT2D eigenvalue weighted by Crippen LogP contribution is 2.14. The molecule has 0 fully saturated rings. The maximum absolute atomic E-state index is 11.8. The van der Waals surface area contributed by atoms with Gasteiger partial charge in [0.25, 0.3) is 11.1 Å². The summed E-state index contributed by atoms with van der Waals surface area (Å²) in [7, 11) is 0. The lowest BCUT2D eigenvalue weighted by atomic mass is 10.0. The maximum Gasteiger partial charge on any atom is 0.312 e. The molecule has 2 rings (SSSR count). The van der Waals surface area contributed by atoms with E-state index in [0.29, 0.717) is 0 Å². The van der Waals surface area contributed by atoms with Gasteiger partial charge >= 0.3 is 5.97 Å². The minimum Gasteiger partial charge on any atom is -0.481 e. The van der Waals surface area contributed by atoms with E-state index in [4.69, 9.17) is 10.8 Å². The molecule has 1 unspecified atom stereocenters. The third-order valence-electron chi connectivity index (χ3n) is 2.65. The van der Waals surface area contributed by atoms with Gasteiger partial charge in [0.15, 0.2) is 11.2 Å². The Bertz CT molecular complexity index is 763. The van der Waals surface area contributed by atoms with Crippen molar-refractivity contribution in [3.63, 3.8) is 0 Å². The Morgan fingerprint density at radius 1 is 1.32 bits per heavy atom.